The molecule has 2 aromatic rings. The van der Waals surface area contributed by atoms with Crippen LogP contribution in [0.15, 0.2) is 30.5 Å². The molecule has 0 saturated carbocycles. The highest BCUT2D eigenvalue weighted by Gasteiger charge is 2.18. The van der Waals surface area contributed by atoms with E-state index in [1.165, 1.54) is 18.3 Å². The summed E-state index contributed by atoms with van der Waals surface area (Å²) in [5.41, 5.74) is -0.00834. The topological polar surface area (TPSA) is 104 Å². The van der Waals surface area contributed by atoms with E-state index in [9.17, 15) is 19.4 Å². The Morgan fingerprint density at radius 1 is 1.27 bits per heavy atom. The number of nitrogens with one attached hydrogen (secondary N) is 2. The van der Waals surface area contributed by atoms with Gasteiger partial charge in [0, 0.05) is 24.7 Å². The molecule has 1 aromatic heterocycles. The Balaban J connectivity index is 1.99. The third-order valence-electron chi connectivity index (χ3n) is 3.26. The minimum atomic E-state index is -0.736. The number of benzene rings is 1. The van der Waals surface area contributed by atoms with Crippen molar-refractivity contribution in [3.8, 4) is 11.5 Å². The van der Waals surface area contributed by atoms with Gasteiger partial charge in [-0.2, -0.15) is 0 Å². The number of carbonyl (C=O) groups is 1. The minimum absolute atomic E-state index is 0.0177. The molecule has 26 heavy (non-hydrogen) atoms. The minimum Gasteiger partial charge on any atom is -0.506 e. The van der Waals surface area contributed by atoms with Gasteiger partial charge < -0.3 is 20.3 Å². The average Bonchev–Trinajstić information content (AvgIpc) is 2.51. The summed E-state index contributed by atoms with van der Waals surface area (Å²) < 4.78 is 19.6. The molecule has 0 bridgehead atoms. The van der Waals surface area contributed by atoms with Gasteiger partial charge in [-0.3, -0.25) is 10.3 Å². The molecule has 0 aliphatic rings. The lowest BCUT2D eigenvalue weighted by atomic mass is 10.1. The zero-order valence-electron chi connectivity index (χ0n) is 14.8. The summed E-state index contributed by atoms with van der Waals surface area (Å²) in [6.07, 6.45) is 0.475. The highest BCUT2D eigenvalue weighted by Crippen LogP contribution is 2.21. The van der Waals surface area contributed by atoms with Crippen molar-refractivity contribution in [2.24, 2.45) is 0 Å². The number of amides is 1. The van der Waals surface area contributed by atoms with Crippen molar-refractivity contribution in [2.45, 2.75) is 39.5 Å². The van der Waals surface area contributed by atoms with Crippen molar-refractivity contribution in [2.75, 3.05) is 5.32 Å². The molecule has 1 aromatic carbocycles. The Labute approximate surface area is 150 Å². The van der Waals surface area contributed by atoms with Crippen molar-refractivity contribution in [1.82, 2.24) is 10.3 Å². The zero-order chi connectivity index (χ0) is 19.3. The molecule has 4 N–H and O–H groups in total. The van der Waals surface area contributed by atoms with Gasteiger partial charge in [0.2, 0.25) is 0 Å². The maximum absolute atomic E-state index is 14.5. The number of ether oxygens (including phenoxy) is 1. The summed E-state index contributed by atoms with van der Waals surface area (Å²) in [5.74, 6) is -0.870. The van der Waals surface area contributed by atoms with E-state index in [0.717, 1.165) is 0 Å². The SMILES string of the molecule is CC(C)(C)OC(=O)Nc1cccc(CNCc2ncc(O)cc2O)c1F. The fourth-order valence-electron chi connectivity index (χ4n) is 2.15. The molecule has 0 fully saturated rings. The summed E-state index contributed by atoms with van der Waals surface area (Å²) in [6.45, 7) is 5.48. The van der Waals surface area contributed by atoms with E-state index in [0.29, 0.717) is 11.3 Å². The number of pyridine rings is 1. The maximum Gasteiger partial charge on any atom is 0.412 e. The summed E-state index contributed by atoms with van der Waals surface area (Å²) in [5, 5.41) is 24.2. The summed E-state index contributed by atoms with van der Waals surface area (Å²) >= 11 is 0. The van der Waals surface area contributed by atoms with Gasteiger partial charge >= 0.3 is 6.09 Å². The largest absolute Gasteiger partial charge is 0.506 e. The first-order chi connectivity index (χ1) is 12.2. The highest BCUT2D eigenvalue weighted by molar-refractivity contribution is 5.85. The van der Waals surface area contributed by atoms with Crippen LogP contribution in [0.2, 0.25) is 0 Å². The van der Waals surface area contributed by atoms with Crippen molar-refractivity contribution in [3.63, 3.8) is 0 Å². The molecule has 2 rings (SSSR count). The van der Waals surface area contributed by atoms with Crippen molar-refractivity contribution < 1.29 is 24.1 Å². The Morgan fingerprint density at radius 2 is 2.00 bits per heavy atom. The fraction of sp³-hybridized carbons (Fsp3) is 0.333. The number of halogens is 1. The molecule has 0 spiro atoms. The van der Waals surface area contributed by atoms with Crippen LogP contribution in [0.1, 0.15) is 32.0 Å². The number of aromatic hydroxyl groups is 2. The van der Waals surface area contributed by atoms with Crippen LogP contribution < -0.4 is 10.6 Å². The monoisotopic (exact) mass is 363 g/mol. The lowest BCUT2D eigenvalue weighted by molar-refractivity contribution is 0.0635. The second-order valence-corrected chi connectivity index (χ2v) is 6.67. The number of rotatable bonds is 5. The van der Waals surface area contributed by atoms with E-state index in [2.05, 4.69) is 15.6 Å². The first-order valence-electron chi connectivity index (χ1n) is 8.00. The number of carbonyl (C=O) groups excluding carboxylic acids is 1. The molecule has 1 heterocycles. The third kappa shape index (κ3) is 5.59. The standard InChI is InChI=1S/C18H22FN3O4/c1-18(2,3)26-17(25)22-13-6-4-5-11(16(13)19)8-20-10-14-15(24)7-12(23)9-21-14/h4-7,9,20,23-24H,8,10H2,1-3H3,(H,22,25). The molecule has 0 unspecified atom stereocenters. The molecule has 0 atom stereocenters. The maximum atomic E-state index is 14.5. The van der Waals surface area contributed by atoms with E-state index >= 15 is 0 Å². The second kappa shape index (κ2) is 8.01. The normalized spacial score (nSPS) is 11.2. The van der Waals surface area contributed by atoms with E-state index < -0.39 is 17.5 Å². The van der Waals surface area contributed by atoms with Gasteiger partial charge in [0.1, 0.15) is 17.1 Å². The number of hydrogen-bond acceptors (Lipinski definition) is 6. The second-order valence-electron chi connectivity index (χ2n) is 6.67. The molecule has 0 aliphatic heterocycles. The molecule has 0 saturated heterocycles. The van der Waals surface area contributed by atoms with Crippen molar-refractivity contribution >= 4 is 11.8 Å². The molecule has 1 amide bonds. The summed E-state index contributed by atoms with van der Waals surface area (Å²) in [4.78, 5) is 15.7. The number of anilines is 1. The van der Waals surface area contributed by atoms with Crippen LogP contribution in [0.4, 0.5) is 14.9 Å². The molecular weight excluding hydrogens is 341 g/mol. The third-order valence-corrected chi connectivity index (χ3v) is 3.26. The molecule has 0 aliphatic carbocycles. The van der Waals surface area contributed by atoms with E-state index in [1.54, 1.807) is 32.9 Å². The quantitative estimate of drug-likeness (QED) is 0.650. The van der Waals surface area contributed by atoms with Crippen LogP contribution in [0.3, 0.4) is 0 Å². The van der Waals surface area contributed by atoms with Gasteiger partial charge in [-0.05, 0) is 26.8 Å². The molecule has 140 valence electrons. The Kier molecular flexibility index (Phi) is 5.99. The van der Waals surface area contributed by atoms with Gasteiger partial charge in [-0.1, -0.05) is 12.1 Å². The summed E-state index contributed by atoms with van der Waals surface area (Å²) in [7, 11) is 0. The predicted molar refractivity (Wildman–Crippen MR) is 94.4 cm³/mol. The molecular formula is C18H22FN3O4. The molecule has 8 heteroatoms. The van der Waals surface area contributed by atoms with E-state index in [4.69, 9.17) is 4.74 Å². The summed E-state index contributed by atoms with van der Waals surface area (Å²) in [6, 6.07) is 5.81. The zero-order valence-corrected chi connectivity index (χ0v) is 14.8. The van der Waals surface area contributed by atoms with Crippen LogP contribution in [-0.4, -0.2) is 26.9 Å². The van der Waals surface area contributed by atoms with Crippen molar-refractivity contribution in [1.29, 1.82) is 0 Å². The molecule has 0 radical (unpaired) electrons. The fourth-order valence-corrected chi connectivity index (χ4v) is 2.15. The van der Waals surface area contributed by atoms with Crippen LogP contribution in [0.5, 0.6) is 11.5 Å². The van der Waals surface area contributed by atoms with Gasteiger partial charge in [-0.25, -0.2) is 9.18 Å². The van der Waals surface area contributed by atoms with Gasteiger partial charge in [0.25, 0.3) is 0 Å². The van der Waals surface area contributed by atoms with Crippen LogP contribution in [0, 0.1) is 5.82 Å². The smallest absolute Gasteiger partial charge is 0.412 e. The lowest BCUT2D eigenvalue weighted by Gasteiger charge is -2.20. The Bertz CT molecular complexity index is 790. The number of nitrogens with zero attached hydrogens (tertiary/aromatic N) is 1. The van der Waals surface area contributed by atoms with Crippen LogP contribution >= 0.6 is 0 Å². The van der Waals surface area contributed by atoms with E-state index in [1.807, 2.05) is 0 Å². The van der Waals surface area contributed by atoms with Crippen molar-refractivity contribution in [3.05, 3.63) is 47.5 Å². The van der Waals surface area contributed by atoms with Crippen LogP contribution in [0.25, 0.3) is 0 Å². The Morgan fingerprint density at radius 3 is 2.65 bits per heavy atom. The Hall–Kier alpha value is -2.87. The first kappa shape index (κ1) is 19.5. The lowest BCUT2D eigenvalue weighted by Crippen LogP contribution is -2.27. The highest BCUT2D eigenvalue weighted by atomic mass is 19.1. The van der Waals surface area contributed by atoms with Gasteiger partial charge in [0.05, 0.1) is 17.6 Å². The van der Waals surface area contributed by atoms with Gasteiger partial charge in [-0.15, -0.1) is 0 Å². The average molecular weight is 363 g/mol. The molecule has 7 nitrogen and oxygen atoms in total. The first-order valence-corrected chi connectivity index (χ1v) is 8.00. The predicted octanol–water partition coefficient (Wildman–Crippen LogP) is 3.27. The van der Waals surface area contributed by atoms with Gasteiger partial charge in [0.15, 0.2) is 5.82 Å². The number of hydrogen-bond donors (Lipinski definition) is 4. The van der Waals surface area contributed by atoms with E-state index in [-0.39, 0.29) is 30.3 Å². The van der Waals surface area contributed by atoms with Crippen LogP contribution in [-0.2, 0) is 17.8 Å². The number of aromatic nitrogens is 1.